The molecule has 6 heteroatoms. The Hall–Kier alpha value is -0.810. The van der Waals surface area contributed by atoms with E-state index in [1.807, 2.05) is 18.2 Å². The van der Waals surface area contributed by atoms with Crippen LogP contribution in [-0.2, 0) is 22.4 Å². The summed E-state index contributed by atoms with van der Waals surface area (Å²) in [7, 11) is 1.67. The topological polar surface area (TPSA) is 36.3 Å². The van der Waals surface area contributed by atoms with E-state index in [-0.39, 0.29) is 0 Å². The Morgan fingerprint density at radius 2 is 2.10 bits per heavy atom. The second kappa shape index (κ2) is 8.59. The van der Waals surface area contributed by atoms with Gasteiger partial charge in [-0.2, -0.15) is 0 Å². The molecule has 0 fully saturated rings. The molecule has 0 amide bonds. The Morgan fingerprint density at radius 3 is 2.86 bits per heavy atom. The quantitative estimate of drug-likeness (QED) is 0.521. The minimum absolute atomic E-state index is 0.547. The van der Waals surface area contributed by atoms with E-state index < -0.39 is 0 Å². The predicted molar refractivity (Wildman–Crippen MR) is 86.5 cm³/mol. The van der Waals surface area contributed by atoms with E-state index in [2.05, 4.69) is 9.55 Å². The van der Waals surface area contributed by atoms with Gasteiger partial charge in [-0.3, -0.25) is 0 Å². The summed E-state index contributed by atoms with van der Waals surface area (Å²) in [5, 5.41) is 0.679. The number of methoxy groups -OCH3 is 1. The standard InChI is InChI=1S/C15H20Cl2N2O2/c1-20-10-11-21-9-3-8-19-13-5-2-4-12(17)15(13)18-14(19)6-7-16/h2,4-5H,3,6-11H2,1H3. The molecule has 2 aromatic rings. The molecule has 1 aromatic carbocycles. The van der Waals surface area contributed by atoms with E-state index >= 15 is 0 Å². The highest BCUT2D eigenvalue weighted by Crippen LogP contribution is 2.24. The number of aromatic nitrogens is 2. The second-order valence-electron chi connectivity index (χ2n) is 4.68. The maximum absolute atomic E-state index is 6.21. The first-order valence-corrected chi connectivity index (χ1v) is 7.95. The number of nitrogens with zero attached hydrogens (tertiary/aromatic N) is 2. The van der Waals surface area contributed by atoms with Crippen molar-refractivity contribution < 1.29 is 9.47 Å². The number of aryl methyl sites for hydroxylation is 2. The summed E-state index contributed by atoms with van der Waals surface area (Å²) in [6.45, 7) is 2.79. The van der Waals surface area contributed by atoms with Gasteiger partial charge in [-0.05, 0) is 18.6 Å². The molecular weight excluding hydrogens is 311 g/mol. The summed E-state index contributed by atoms with van der Waals surface area (Å²) in [5.74, 6) is 1.52. The first kappa shape index (κ1) is 16.6. The Morgan fingerprint density at radius 1 is 1.24 bits per heavy atom. The molecular formula is C15H20Cl2N2O2. The zero-order valence-electron chi connectivity index (χ0n) is 12.1. The van der Waals surface area contributed by atoms with Crippen LogP contribution in [0.3, 0.4) is 0 Å². The number of hydrogen-bond donors (Lipinski definition) is 0. The molecule has 0 aliphatic rings. The van der Waals surface area contributed by atoms with Crippen molar-refractivity contribution in [2.45, 2.75) is 19.4 Å². The van der Waals surface area contributed by atoms with Crippen LogP contribution in [0.5, 0.6) is 0 Å². The van der Waals surface area contributed by atoms with Crippen LogP contribution in [0.4, 0.5) is 0 Å². The minimum atomic E-state index is 0.547. The molecule has 0 spiro atoms. The van der Waals surface area contributed by atoms with Crippen molar-refractivity contribution in [1.29, 1.82) is 0 Å². The normalized spacial score (nSPS) is 11.4. The molecule has 2 rings (SSSR count). The first-order chi connectivity index (χ1) is 10.3. The molecule has 0 unspecified atom stereocenters. The van der Waals surface area contributed by atoms with Crippen LogP contribution in [0, 0.1) is 0 Å². The van der Waals surface area contributed by atoms with E-state index in [4.69, 9.17) is 32.7 Å². The fraction of sp³-hybridized carbons (Fsp3) is 0.533. The summed E-state index contributed by atoms with van der Waals surface area (Å²) in [4.78, 5) is 4.62. The number of para-hydroxylation sites is 1. The molecule has 0 radical (unpaired) electrons. The van der Waals surface area contributed by atoms with Crippen LogP contribution >= 0.6 is 23.2 Å². The molecule has 0 atom stereocenters. The maximum atomic E-state index is 6.21. The Kier molecular flexibility index (Phi) is 6.77. The van der Waals surface area contributed by atoms with Crippen LogP contribution in [0.25, 0.3) is 11.0 Å². The van der Waals surface area contributed by atoms with Gasteiger partial charge in [0.25, 0.3) is 0 Å². The van der Waals surface area contributed by atoms with Gasteiger partial charge in [0.15, 0.2) is 0 Å². The van der Waals surface area contributed by atoms with Gasteiger partial charge in [0.2, 0.25) is 0 Å². The SMILES string of the molecule is COCCOCCCn1c(CCCl)nc2c(Cl)cccc21. The van der Waals surface area contributed by atoms with Crippen LogP contribution in [0.1, 0.15) is 12.2 Å². The van der Waals surface area contributed by atoms with Crippen molar-refractivity contribution in [3.63, 3.8) is 0 Å². The molecule has 4 nitrogen and oxygen atoms in total. The predicted octanol–water partition coefficient (Wildman–Crippen LogP) is 3.52. The number of hydrogen-bond acceptors (Lipinski definition) is 3. The highest BCUT2D eigenvalue weighted by molar-refractivity contribution is 6.34. The minimum Gasteiger partial charge on any atom is -0.382 e. The maximum Gasteiger partial charge on any atom is 0.111 e. The van der Waals surface area contributed by atoms with Crippen LogP contribution in [0.2, 0.25) is 5.02 Å². The number of ether oxygens (including phenoxy) is 2. The summed E-state index contributed by atoms with van der Waals surface area (Å²) in [6, 6.07) is 5.85. The van der Waals surface area contributed by atoms with Gasteiger partial charge in [0.1, 0.15) is 11.3 Å². The Labute approximate surface area is 135 Å². The molecule has 1 aromatic heterocycles. The average molecular weight is 331 g/mol. The fourth-order valence-corrected chi connectivity index (χ4v) is 2.64. The lowest BCUT2D eigenvalue weighted by atomic mass is 10.3. The summed E-state index contributed by atoms with van der Waals surface area (Å²) < 4.78 is 12.6. The van der Waals surface area contributed by atoms with Gasteiger partial charge in [0, 0.05) is 32.6 Å². The number of rotatable bonds is 9. The first-order valence-electron chi connectivity index (χ1n) is 7.04. The van der Waals surface area contributed by atoms with Gasteiger partial charge >= 0.3 is 0 Å². The third-order valence-corrected chi connectivity index (χ3v) is 3.72. The van der Waals surface area contributed by atoms with Gasteiger partial charge in [-0.1, -0.05) is 17.7 Å². The lowest BCUT2D eigenvalue weighted by Gasteiger charge is -2.09. The number of benzene rings is 1. The number of halogens is 2. The van der Waals surface area contributed by atoms with Crippen molar-refractivity contribution >= 4 is 34.2 Å². The highest BCUT2D eigenvalue weighted by Gasteiger charge is 2.12. The zero-order chi connectivity index (χ0) is 15.1. The highest BCUT2D eigenvalue weighted by atomic mass is 35.5. The summed E-state index contributed by atoms with van der Waals surface area (Å²) in [5.41, 5.74) is 1.90. The molecule has 0 N–H and O–H groups in total. The zero-order valence-corrected chi connectivity index (χ0v) is 13.7. The van der Waals surface area contributed by atoms with E-state index in [0.717, 1.165) is 36.2 Å². The van der Waals surface area contributed by atoms with Crippen molar-refractivity contribution in [1.82, 2.24) is 9.55 Å². The molecule has 0 aliphatic heterocycles. The smallest absolute Gasteiger partial charge is 0.111 e. The molecule has 0 aliphatic carbocycles. The molecule has 0 bridgehead atoms. The molecule has 0 saturated carbocycles. The lowest BCUT2D eigenvalue weighted by molar-refractivity contribution is 0.0680. The number of alkyl halides is 1. The number of imidazole rings is 1. The summed E-state index contributed by atoms with van der Waals surface area (Å²) in [6.07, 6.45) is 1.65. The van der Waals surface area contributed by atoms with Crippen molar-refractivity contribution in [3.05, 3.63) is 29.0 Å². The number of fused-ring (bicyclic) bond motifs is 1. The van der Waals surface area contributed by atoms with Crippen LogP contribution in [0.15, 0.2) is 18.2 Å². The van der Waals surface area contributed by atoms with Gasteiger partial charge in [0.05, 0.1) is 23.8 Å². The molecule has 1 heterocycles. The largest absolute Gasteiger partial charge is 0.382 e. The molecule has 116 valence electrons. The summed E-state index contributed by atoms with van der Waals surface area (Å²) >= 11 is 12.1. The third-order valence-electron chi connectivity index (χ3n) is 3.23. The average Bonchev–Trinajstić information content (AvgIpc) is 2.83. The van der Waals surface area contributed by atoms with Crippen LogP contribution < -0.4 is 0 Å². The van der Waals surface area contributed by atoms with E-state index in [0.29, 0.717) is 30.7 Å². The van der Waals surface area contributed by atoms with Gasteiger partial charge in [-0.25, -0.2) is 4.98 Å². The molecule has 21 heavy (non-hydrogen) atoms. The monoisotopic (exact) mass is 330 g/mol. The van der Waals surface area contributed by atoms with Crippen molar-refractivity contribution in [3.8, 4) is 0 Å². The van der Waals surface area contributed by atoms with Crippen molar-refractivity contribution in [2.24, 2.45) is 0 Å². The van der Waals surface area contributed by atoms with Gasteiger partial charge in [-0.15, -0.1) is 11.6 Å². The van der Waals surface area contributed by atoms with E-state index in [9.17, 15) is 0 Å². The second-order valence-corrected chi connectivity index (χ2v) is 5.47. The van der Waals surface area contributed by atoms with E-state index in [1.54, 1.807) is 7.11 Å². The Balaban J connectivity index is 2.06. The lowest BCUT2D eigenvalue weighted by Crippen LogP contribution is -2.09. The van der Waals surface area contributed by atoms with Crippen LogP contribution in [-0.4, -0.2) is 42.4 Å². The third kappa shape index (κ3) is 4.33. The van der Waals surface area contributed by atoms with Crippen molar-refractivity contribution in [2.75, 3.05) is 32.8 Å². The fourth-order valence-electron chi connectivity index (χ4n) is 2.25. The Bertz CT molecular complexity index is 572. The van der Waals surface area contributed by atoms with E-state index in [1.165, 1.54) is 0 Å². The van der Waals surface area contributed by atoms with Gasteiger partial charge < -0.3 is 14.0 Å². The molecule has 0 saturated heterocycles.